The summed E-state index contributed by atoms with van der Waals surface area (Å²) in [5.41, 5.74) is 10.7. The molecule has 0 aliphatic rings. The summed E-state index contributed by atoms with van der Waals surface area (Å²) in [6, 6.07) is 8.55. The van der Waals surface area contributed by atoms with Gasteiger partial charge in [-0.15, -0.1) is 0 Å². The van der Waals surface area contributed by atoms with Crippen LogP contribution in [0.3, 0.4) is 0 Å². The summed E-state index contributed by atoms with van der Waals surface area (Å²) in [4.78, 5) is 0. The smallest absolute Gasteiger partial charge is 0.122 e. The van der Waals surface area contributed by atoms with E-state index in [1.54, 1.807) is 0 Å². The molecule has 1 heterocycles. The zero-order valence-corrected chi connectivity index (χ0v) is 15.0. The fourth-order valence-corrected chi connectivity index (χ4v) is 2.80. The van der Waals surface area contributed by atoms with Crippen LogP contribution in [0.5, 0.6) is 5.75 Å². The Hall–Kier alpha value is -1.81. The first-order chi connectivity index (χ1) is 11.0. The second-order valence-electron chi connectivity index (χ2n) is 6.43. The second-order valence-corrected chi connectivity index (χ2v) is 6.43. The SMILES string of the molecule is CCCOc1ccc(C(CN)c2cc(C(C)C)nn2C)cc1C. The first-order valence-corrected chi connectivity index (χ1v) is 8.45. The van der Waals surface area contributed by atoms with Crippen LogP contribution in [0.1, 0.15) is 61.5 Å². The molecule has 0 amide bonds. The first-order valence-electron chi connectivity index (χ1n) is 8.45. The minimum absolute atomic E-state index is 0.152. The molecule has 4 nitrogen and oxygen atoms in total. The van der Waals surface area contributed by atoms with Crippen LogP contribution in [0.2, 0.25) is 0 Å². The van der Waals surface area contributed by atoms with Gasteiger partial charge in [0, 0.05) is 25.2 Å². The van der Waals surface area contributed by atoms with E-state index in [1.807, 2.05) is 11.7 Å². The van der Waals surface area contributed by atoms with E-state index in [0.29, 0.717) is 12.5 Å². The Bertz CT molecular complexity index is 646. The Morgan fingerprint density at radius 3 is 2.52 bits per heavy atom. The van der Waals surface area contributed by atoms with Gasteiger partial charge >= 0.3 is 0 Å². The first kappa shape index (κ1) is 17.5. The number of benzene rings is 1. The van der Waals surface area contributed by atoms with Crippen molar-refractivity contribution in [2.75, 3.05) is 13.2 Å². The highest BCUT2D eigenvalue weighted by atomic mass is 16.5. The third-order valence-electron chi connectivity index (χ3n) is 4.18. The summed E-state index contributed by atoms with van der Waals surface area (Å²) in [6.07, 6.45) is 1.01. The molecule has 0 saturated heterocycles. The molecule has 1 atom stereocenters. The quantitative estimate of drug-likeness (QED) is 0.847. The average molecular weight is 315 g/mol. The maximum atomic E-state index is 6.09. The van der Waals surface area contributed by atoms with E-state index in [-0.39, 0.29) is 5.92 Å². The van der Waals surface area contributed by atoms with Gasteiger partial charge in [-0.1, -0.05) is 32.9 Å². The van der Waals surface area contributed by atoms with Crippen LogP contribution in [0, 0.1) is 6.92 Å². The van der Waals surface area contributed by atoms with Crippen LogP contribution >= 0.6 is 0 Å². The molecular weight excluding hydrogens is 286 g/mol. The Kier molecular flexibility index (Phi) is 5.83. The monoisotopic (exact) mass is 315 g/mol. The number of aromatic nitrogens is 2. The van der Waals surface area contributed by atoms with E-state index in [1.165, 1.54) is 5.56 Å². The normalized spacial score (nSPS) is 12.7. The highest BCUT2D eigenvalue weighted by Crippen LogP contribution is 2.29. The fraction of sp³-hybridized carbons (Fsp3) is 0.526. The maximum Gasteiger partial charge on any atom is 0.122 e. The molecule has 1 unspecified atom stereocenters. The lowest BCUT2D eigenvalue weighted by Crippen LogP contribution is -2.17. The number of hydrogen-bond acceptors (Lipinski definition) is 3. The second kappa shape index (κ2) is 7.64. The van der Waals surface area contributed by atoms with E-state index in [9.17, 15) is 0 Å². The van der Waals surface area contributed by atoms with Gasteiger partial charge in [-0.25, -0.2) is 0 Å². The number of ether oxygens (including phenoxy) is 1. The Balaban J connectivity index is 2.32. The van der Waals surface area contributed by atoms with Crippen LogP contribution in [0.15, 0.2) is 24.3 Å². The van der Waals surface area contributed by atoms with E-state index in [4.69, 9.17) is 10.5 Å². The standard InChI is InChI=1S/C19H29N3O/c1-6-9-23-19-8-7-15(10-14(19)4)16(12-20)18-11-17(13(2)3)21-22(18)5/h7-8,10-11,13,16H,6,9,12,20H2,1-5H3. The van der Waals surface area contributed by atoms with Gasteiger partial charge in [0.15, 0.2) is 0 Å². The molecule has 23 heavy (non-hydrogen) atoms. The largest absolute Gasteiger partial charge is 0.493 e. The molecule has 0 aliphatic carbocycles. The molecule has 4 heteroatoms. The molecule has 2 rings (SSSR count). The van der Waals surface area contributed by atoms with Gasteiger partial charge in [0.05, 0.1) is 12.3 Å². The predicted octanol–water partition coefficient (Wildman–Crippen LogP) is 3.73. The van der Waals surface area contributed by atoms with E-state index in [2.05, 4.69) is 57.1 Å². The summed E-state index contributed by atoms with van der Waals surface area (Å²) in [7, 11) is 2.00. The van der Waals surface area contributed by atoms with Crippen LogP contribution in [-0.4, -0.2) is 22.9 Å². The van der Waals surface area contributed by atoms with Gasteiger partial charge in [-0.3, -0.25) is 4.68 Å². The molecule has 1 aromatic carbocycles. The molecule has 126 valence electrons. The third-order valence-corrected chi connectivity index (χ3v) is 4.18. The van der Waals surface area contributed by atoms with Crippen LogP contribution < -0.4 is 10.5 Å². The lowest BCUT2D eigenvalue weighted by molar-refractivity contribution is 0.315. The van der Waals surface area contributed by atoms with E-state index in [0.717, 1.165) is 35.7 Å². The average Bonchev–Trinajstić information content (AvgIpc) is 2.89. The van der Waals surface area contributed by atoms with Gasteiger partial charge in [-0.2, -0.15) is 5.10 Å². The van der Waals surface area contributed by atoms with Crippen molar-refractivity contribution in [2.45, 2.75) is 46.0 Å². The number of aryl methyl sites for hydroxylation is 2. The lowest BCUT2D eigenvalue weighted by Gasteiger charge is -2.17. The van der Waals surface area contributed by atoms with Crippen molar-refractivity contribution in [3.05, 3.63) is 46.8 Å². The molecular formula is C19H29N3O. The topological polar surface area (TPSA) is 53.1 Å². The Morgan fingerprint density at radius 1 is 1.26 bits per heavy atom. The fourth-order valence-electron chi connectivity index (χ4n) is 2.80. The highest BCUT2D eigenvalue weighted by Gasteiger charge is 2.19. The number of nitrogens with zero attached hydrogens (tertiary/aromatic N) is 2. The molecule has 0 spiro atoms. The molecule has 2 N–H and O–H groups in total. The molecule has 0 saturated carbocycles. The van der Waals surface area contributed by atoms with Crippen LogP contribution in [0.25, 0.3) is 0 Å². The molecule has 0 radical (unpaired) electrons. The molecule has 0 bridgehead atoms. The molecule has 1 aromatic heterocycles. The zero-order valence-electron chi connectivity index (χ0n) is 15.0. The van der Waals surface area contributed by atoms with Crippen molar-refractivity contribution in [3.63, 3.8) is 0 Å². The molecule has 2 aromatic rings. The van der Waals surface area contributed by atoms with Crippen LogP contribution in [0.4, 0.5) is 0 Å². The molecule has 0 fully saturated rings. The van der Waals surface area contributed by atoms with Crippen molar-refractivity contribution in [1.29, 1.82) is 0 Å². The van der Waals surface area contributed by atoms with Crippen molar-refractivity contribution >= 4 is 0 Å². The summed E-state index contributed by atoms with van der Waals surface area (Å²) in [5, 5.41) is 4.62. The lowest BCUT2D eigenvalue weighted by atomic mass is 9.93. The zero-order chi connectivity index (χ0) is 17.0. The van der Waals surface area contributed by atoms with E-state index >= 15 is 0 Å². The van der Waals surface area contributed by atoms with Gasteiger partial charge in [0.1, 0.15) is 5.75 Å². The molecule has 0 aliphatic heterocycles. The number of hydrogen-bond donors (Lipinski definition) is 1. The van der Waals surface area contributed by atoms with Gasteiger partial charge in [0.25, 0.3) is 0 Å². The van der Waals surface area contributed by atoms with Crippen molar-refractivity contribution in [2.24, 2.45) is 12.8 Å². The van der Waals surface area contributed by atoms with Gasteiger partial charge < -0.3 is 10.5 Å². The summed E-state index contributed by atoms with van der Waals surface area (Å²) < 4.78 is 7.73. The minimum atomic E-state index is 0.152. The van der Waals surface area contributed by atoms with Gasteiger partial charge in [0.2, 0.25) is 0 Å². The third kappa shape index (κ3) is 3.94. The maximum absolute atomic E-state index is 6.09. The van der Waals surface area contributed by atoms with Crippen LogP contribution in [-0.2, 0) is 7.05 Å². The van der Waals surface area contributed by atoms with E-state index < -0.39 is 0 Å². The summed E-state index contributed by atoms with van der Waals surface area (Å²) in [6.45, 7) is 9.83. The Morgan fingerprint density at radius 2 is 2.00 bits per heavy atom. The summed E-state index contributed by atoms with van der Waals surface area (Å²) >= 11 is 0. The minimum Gasteiger partial charge on any atom is -0.493 e. The summed E-state index contributed by atoms with van der Waals surface area (Å²) in [5.74, 6) is 1.53. The van der Waals surface area contributed by atoms with Crippen molar-refractivity contribution in [1.82, 2.24) is 9.78 Å². The predicted molar refractivity (Wildman–Crippen MR) is 95.2 cm³/mol. The van der Waals surface area contributed by atoms with Crippen molar-refractivity contribution < 1.29 is 4.74 Å². The van der Waals surface area contributed by atoms with Gasteiger partial charge in [-0.05, 0) is 42.5 Å². The highest BCUT2D eigenvalue weighted by molar-refractivity contribution is 5.40. The number of nitrogens with two attached hydrogens (primary N) is 1. The van der Waals surface area contributed by atoms with Crippen molar-refractivity contribution in [3.8, 4) is 5.75 Å². The number of rotatable bonds is 7. The Labute approximate surface area is 139 Å².